The van der Waals surface area contributed by atoms with Gasteiger partial charge in [-0.1, -0.05) is 30.3 Å². The number of hydrogen-bond acceptors (Lipinski definition) is 4. The Hall–Kier alpha value is -3.34. The maximum atomic E-state index is 12.3. The van der Waals surface area contributed by atoms with Gasteiger partial charge in [0.25, 0.3) is 0 Å². The molecule has 0 fully saturated rings. The van der Waals surface area contributed by atoms with E-state index in [9.17, 15) is 9.90 Å². The molecule has 0 radical (unpaired) electrons. The SMILES string of the molecule is O=C1/C(=C\c2cnn(Cc3ccccc3)c2)Oc2cc(O)ccc21. The van der Waals surface area contributed by atoms with Crippen molar-refractivity contribution in [3.05, 3.63) is 83.4 Å². The van der Waals surface area contributed by atoms with Gasteiger partial charge in [0.05, 0.1) is 18.3 Å². The van der Waals surface area contributed by atoms with Gasteiger partial charge in [-0.3, -0.25) is 9.48 Å². The van der Waals surface area contributed by atoms with Crippen LogP contribution in [-0.2, 0) is 6.54 Å². The number of nitrogens with zero attached hydrogens (tertiary/aromatic N) is 2. The molecular weight excluding hydrogens is 304 g/mol. The summed E-state index contributed by atoms with van der Waals surface area (Å²) in [6.45, 7) is 0.660. The largest absolute Gasteiger partial charge is 0.508 e. The summed E-state index contributed by atoms with van der Waals surface area (Å²) in [6, 6.07) is 14.5. The van der Waals surface area contributed by atoms with Crippen molar-refractivity contribution in [2.24, 2.45) is 0 Å². The molecule has 4 rings (SSSR count). The fraction of sp³-hybridized carbons (Fsp3) is 0.0526. The number of phenols is 1. The zero-order chi connectivity index (χ0) is 16.5. The Kier molecular flexibility index (Phi) is 3.39. The lowest BCUT2D eigenvalue weighted by atomic mass is 10.1. The lowest BCUT2D eigenvalue weighted by molar-refractivity contribution is 0.101. The van der Waals surface area contributed by atoms with E-state index in [0.29, 0.717) is 17.9 Å². The highest BCUT2D eigenvalue weighted by Gasteiger charge is 2.27. The summed E-state index contributed by atoms with van der Waals surface area (Å²) in [6.07, 6.45) is 5.21. The number of carbonyl (C=O) groups is 1. The Bertz CT molecular complexity index is 942. The molecule has 0 atom stereocenters. The number of ketones is 1. The van der Waals surface area contributed by atoms with Crippen LogP contribution in [0.5, 0.6) is 11.5 Å². The van der Waals surface area contributed by atoms with Crippen molar-refractivity contribution in [2.75, 3.05) is 0 Å². The number of benzene rings is 2. The third kappa shape index (κ3) is 2.67. The van der Waals surface area contributed by atoms with E-state index in [1.807, 2.05) is 36.5 Å². The average Bonchev–Trinajstić information content (AvgIpc) is 3.13. The van der Waals surface area contributed by atoms with Crippen molar-refractivity contribution in [3.63, 3.8) is 0 Å². The van der Waals surface area contributed by atoms with Crippen LogP contribution in [-0.4, -0.2) is 20.7 Å². The molecule has 1 aliphatic rings. The molecule has 2 aromatic carbocycles. The first-order valence-corrected chi connectivity index (χ1v) is 7.53. The van der Waals surface area contributed by atoms with Crippen LogP contribution >= 0.6 is 0 Å². The lowest BCUT2D eigenvalue weighted by Gasteiger charge is -2.00. The van der Waals surface area contributed by atoms with Gasteiger partial charge < -0.3 is 9.84 Å². The van der Waals surface area contributed by atoms with E-state index in [2.05, 4.69) is 5.10 Å². The topological polar surface area (TPSA) is 64.4 Å². The standard InChI is InChI=1S/C19H14N2O3/c22-15-6-7-16-17(9-15)24-18(19(16)23)8-14-10-20-21(12-14)11-13-4-2-1-3-5-13/h1-10,12,22H,11H2/b18-8+. The maximum Gasteiger partial charge on any atom is 0.231 e. The van der Waals surface area contributed by atoms with Gasteiger partial charge in [0, 0.05) is 17.8 Å². The minimum absolute atomic E-state index is 0.0680. The molecule has 1 aromatic heterocycles. The predicted octanol–water partition coefficient (Wildman–Crippen LogP) is 3.25. The van der Waals surface area contributed by atoms with Crippen LogP contribution in [0.4, 0.5) is 0 Å². The quantitative estimate of drug-likeness (QED) is 0.753. The van der Waals surface area contributed by atoms with Gasteiger partial charge in [0.1, 0.15) is 11.5 Å². The molecule has 2 heterocycles. The first kappa shape index (κ1) is 14.3. The molecule has 0 amide bonds. The number of rotatable bonds is 3. The Balaban J connectivity index is 1.56. The molecule has 1 N–H and O–H groups in total. The highest BCUT2D eigenvalue weighted by Crippen LogP contribution is 2.34. The molecule has 0 saturated carbocycles. The predicted molar refractivity (Wildman–Crippen MR) is 88.8 cm³/mol. The van der Waals surface area contributed by atoms with Crippen LogP contribution in [0, 0.1) is 0 Å². The zero-order valence-electron chi connectivity index (χ0n) is 12.7. The Morgan fingerprint density at radius 3 is 2.83 bits per heavy atom. The summed E-state index contributed by atoms with van der Waals surface area (Å²) in [5.74, 6) is 0.483. The van der Waals surface area contributed by atoms with Crippen LogP contribution in [0.15, 0.2) is 66.7 Å². The fourth-order valence-electron chi connectivity index (χ4n) is 2.64. The molecule has 1 aliphatic heterocycles. The molecule has 0 unspecified atom stereocenters. The zero-order valence-corrected chi connectivity index (χ0v) is 12.7. The minimum atomic E-state index is -0.194. The maximum absolute atomic E-state index is 12.3. The summed E-state index contributed by atoms with van der Waals surface area (Å²) >= 11 is 0. The highest BCUT2D eigenvalue weighted by atomic mass is 16.5. The number of fused-ring (bicyclic) bond motifs is 1. The average molecular weight is 318 g/mol. The second-order valence-corrected chi connectivity index (χ2v) is 5.58. The number of hydrogen-bond donors (Lipinski definition) is 1. The molecule has 0 saturated heterocycles. The first-order valence-electron chi connectivity index (χ1n) is 7.53. The minimum Gasteiger partial charge on any atom is -0.508 e. The molecular formula is C19H14N2O3. The van der Waals surface area contributed by atoms with E-state index in [1.54, 1.807) is 23.0 Å². The van der Waals surface area contributed by atoms with Gasteiger partial charge in [-0.25, -0.2) is 0 Å². The van der Waals surface area contributed by atoms with Crippen molar-refractivity contribution < 1.29 is 14.6 Å². The van der Waals surface area contributed by atoms with Gasteiger partial charge in [0.15, 0.2) is 5.76 Å². The number of phenolic OH excluding ortho intramolecular Hbond substituents is 1. The Morgan fingerprint density at radius 2 is 2.00 bits per heavy atom. The van der Waals surface area contributed by atoms with Gasteiger partial charge in [-0.15, -0.1) is 0 Å². The van der Waals surface area contributed by atoms with Gasteiger partial charge in [-0.2, -0.15) is 5.10 Å². The lowest BCUT2D eigenvalue weighted by Crippen LogP contribution is -1.99. The van der Waals surface area contributed by atoms with E-state index >= 15 is 0 Å². The highest BCUT2D eigenvalue weighted by molar-refractivity contribution is 6.14. The molecule has 24 heavy (non-hydrogen) atoms. The summed E-state index contributed by atoms with van der Waals surface area (Å²) in [4.78, 5) is 12.3. The normalized spacial score (nSPS) is 14.7. The Labute approximate surface area is 138 Å². The molecule has 5 nitrogen and oxygen atoms in total. The van der Waals surface area contributed by atoms with Crippen molar-refractivity contribution >= 4 is 11.9 Å². The number of Topliss-reactive ketones (excluding diaryl/α,β-unsaturated/α-hetero) is 1. The van der Waals surface area contributed by atoms with Crippen LogP contribution < -0.4 is 4.74 Å². The molecule has 5 heteroatoms. The van der Waals surface area contributed by atoms with E-state index < -0.39 is 0 Å². The smallest absolute Gasteiger partial charge is 0.231 e. The monoisotopic (exact) mass is 318 g/mol. The van der Waals surface area contributed by atoms with Crippen molar-refractivity contribution in [1.29, 1.82) is 0 Å². The van der Waals surface area contributed by atoms with E-state index in [0.717, 1.165) is 11.1 Å². The van der Waals surface area contributed by atoms with Crippen LogP contribution in [0.25, 0.3) is 6.08 Å². The molecule has 0 bridgehead atoms. The number of allylic oxidation sites excluding steroid dienone is 1. The fourth-order valence-corrected chi connectivity index (χ4v) is 2.64. The van der Waals surface area contributed by atoms with Crippen molar-refractivity contribution in [1.82, 2.24) is 9.78 Å². The second-order valence-electron chi connectivity index (χ2n) is 5.58. The van der Waals surface area contributed by atoms with Gasteiger partial charge >= 0.3 is 0 Å². The van der Waals surface area contributed by atoms with Gasteiger partial charge in [-0.05, 0) is 23.8 Å². The van der Waals surface area contributed by atoms with Crippen LogP contribution in [0.1, 0.15) is 21.5 Å². The number of aromatic hydroxyl groups is 1. The van der Waals surface area contributed by atoms with Crippen LogP contribution in [0.2, 0.25) is 0 Å². The van der Waals surface area contributed by atoms with Gasteiger partial charge in [0.2, 0.25) is 5.78 Å². The van der Waals surface area contributed by atoms with Crippen LogP contribution in [0.3, 0.4) is 0 Å². The first-order chi connectivity index (χ1) is 11.7. The Morgan fingerprint density at radius 1 is 1.17 bits per heavy atom. The van der Waals surface area contributed by atoms with E-state index in [4.69, 9.17) is 4.74 Å². The van der Waals surface area contributed by atoms with Crippen molar-refractivity contribution in [3.8, 4) is 11.5 Å². The summed E-state index contributed by atoms with van der Waals surface area (Å²) in [7, 11) is 0. The third-order valence-corrected chi connectivity index (χ3v) is 3.79. The summed E-state index contributed by atoms with van der Waals surface area (Å²) in [5, 5.41) is 13.8. The summed E-state index contributed by atoms with van der Waals surface area (Å²) in [5.41, 5.74) is 2.39. The second kappa shape index (κ2) is 5.70. The number of ether oxygens (including phenoxy) is 1. The van der Waals surface area contributed by atoms with E-state index in [1.165, 1.54) is 12.1 Å². The third-order valence-electron chi connectivity index (χ3n) is 3.79. The van der Waals surface area contributed by atoms with Crippen molar-refractivity contribution in [2.45, 2.75) is 6.54 Å². The number of carbonyl (C=O) groups excluding carboxylic acids is 1. The molecule has 0 spiro atoms. The summed E-state index contributed by atoms with van der Waals surface area (Å²) < 4.78 is 7.35. The molecule has 0 aliphatic carbocycles. The molecule has 3 aromatic rings. The van der Waals surface area contributed by atoms with E-state index in [-0.39, 0.29) is 17.3 Å². The molecule has 118 valence electrons. The number of aromatic nitrogens is 2.